The number of ether oxygens (including phenoxy) is 3. The smallest absolute Gasteiger partial charge is 0.101 e. The standard InChI is InChI=1S/2C5H14NO.3C5H10O/c2*1-6(2,3)4-5-7;3*1-2-4-6-5-3-1/h2*7H,4-5H2,1-3H3;3*1-5H2/q2*+1;;;. The van der Waals surface area contributed by atoms with Crippen LogP contribution in [0.3, 0.4) is 0 Å². The highest BCUT2D eigenvalue weighted by atomic mass is 16.5. The number of hydrogen-bond donors (Lipinski definition) is 2. The molecule has 0 saturated carbocycles. The Morgan fingerprint density at radius 3 is 0.688 bits per heavy atom. The first-order valence-corrected chi connectivity index (χ1v) is 12.7. The van der Waals surface area contributed by atoms with Crippen molar-refractivity contribution in [3.05, 3.63) is 0 Å². The van der Waals surface area contributed by atoms with Crippen LogP contribution < -0.4 is 0 Å². The van der Waals surface area contributed by atoms with Gasteiger partial charge in [-0.3, -0.25) is 0 Å². The Labute approximate surface area is 199 Å². The maximum Gasteiger partial charge on any atom is 0.101 e. The monoisotopic (exact) mass is 466 g/mol. The van der Waals surface area contributed by atoms with Crippen LogP contribution in [0.4, 0.5) is 0 Å². The lowest BCUT2D eigenvalue weighted by atomic mass is 10.2. The highest BCUT2D eigenvalue weighted by Gasteiger charge is 2.03. The van der Waals surface area contributed by atoms with Gasteiger partial charge in [0.25, 0.3) is 0 Å². The Bertz CT molecular complexity index is 266. The maximum absolute atomic E-state index is 8.39. The molecule has 3 saturated heterocycles. The molecule has 3 aliphatic rings. The Morgan fingerprint density at radius 2 is 0.656 bits per heavy atom. The molecule has 196 valence electrons. The molecule has 0 atom stereocenters. The summed E-state index contributed by atoms with van der Waals surface area (Å²) in [6.07, 6.45) is 11.8. The predicted molar refractivity (Wildman–Crippen MR) is 134 cm³/mol. The topological polar surface area (TPSA) is 68.2 Å². The Hall–Kier alpha value is -0.280. The fourth-order valence-corrected chi connectivity index (χ4v) is 2.66. The van der Waals surface area contributed by atoms with Crippen molar-refractivity contribution in [2.75, 3.05) is 108 Å². The average Bonchev–Trinajstić information content (AvgIpc) is 2.78. The van der Waals surface area contributed by atoms with Crippen molar-refractivity contribution in [3.63, 3.8) is 0 Å². The zero-order valence-electron chi connectivity index (χ0n) is 22.4. The molecule has 3 heterocycles. The molecule has 0 aliphatic carbocycles. The lowest BCUT2D eigenvalue weighted by Gasteiger charge is -2.21. The SMILES string of the molecule is C1CCOCC1.C1CCOCC1.C1CCOCC1.C[N+](C)(C)CCO.C[N+](C)(C)CCO. The molecule has 7 heteroatoms. The van der Waals surface area contributed by atoms with Gasteiger partial charge in [0.15, 0.2) is 0 Å². The van der Waals surface area contributed by atoms with Gasteiger partial charge in [-0.1, -0.05) is 0 Å². The summed E-state index contributed by atoms with van der Waals surface area (Å²) in [5, 5.41) is 16.8. The zero-order valence-corrected chi connectivity index (χ0v) is 22.4. The van der Waals surface area contributed by atoms with E-state index in [-0.39, 0.29) is 13.2 Å². The summed E-state index contributed by atoms with van der Waals surface area (Å²) in [6.45, 7) is 8.23. The van der Waals surface area contributed by atoms with E-state index in [1.165, 1.54) is 57.8 Å². The summed E-state index contributed by atoms with van der Waals surface area (Å²) in [4.78, 5) is 0. The fourth-order valence-electron chi connectivity index (χ4n) is 2.66. The van der Waals surface area contributed by atoms with Crippen molar-refractivity contribution in [2.24, 2.45) is 0 Å². The van der Waals surface area contributed by atoms with E-state index >= 15 is 0 Å². The van der Waals surface area contributed by atoms with Gasteiger partial charge in [-0.2, -0.15) is 0 Å². The van der Waals surface area contributed by atoms with Gasteiger partial charge in [0.1, 0.15) is 13.1 Å². The van der Waals surface area contributed by atoms with Crippen molar-refractivity contribution >= 4 is 0 Å². The van der Waals surface area contributed by atoms with Gasteiger partial charge in [0, 0.05) is 39.6 Å². The van der Waals surface area contributed by atoms with Crippen LogP contribution in [-0.4, -0.2) is 127 Å². The molecule has 0 radical (unpaired) electrons. The van der Waals surface area contributed by atoms with Crippen molar-refractivity contribution in [1.29, 1.82) is 0 Å². The number of nitrogens with zero attached hydrogens (tertiary/aromatic N) is 2. The number of quaternary nitrogens is 2. The molecule has 0 amide bonds. The zero-order chi connectivity index (χ0) is 24.6. The van der Waals surface area contributed by atoms with Crippen LogP contribution >= 0.6 is 0 Å². The number of likely N-dealkylation sites (N-methyl/N-ethyl adjacent to an activating group) is 2. The molecule has 0 spiro atoms. The summed E-state index contributed by atoms with van der Waals surface area (Å²) in [6, 6.07) is 0. The van der Waals surface area contributed by atoms with Gasteiger partial charge >= 0.3 is 0 Å². The first-order chi connectivity index (χ1) is 15.1. The molecule has 0 aromatic heterocycles. The molecule has 0 unspecified atom stereocenters. The highest BCUT2D eigenvalue weighted by molar-refractivity contribution is 4.46. The van der Waals surface area contributed by atoms with Gasteiger partial charge in [0.2, 0.25) is 0 Å². The summed E-state index contributed by atoms with van der Waals surface area (Å²) in [5.74, 6) is 0. The van der Waals surface area contributed by atoms with Crippen molar-refractivity contribution < 1.29 is 33.4 Å². The van der Waals surface area contributed by atoms with E-state index in [1.54, 1.807) is 0 Å². The van der Waals surface area contributed by atoms with Crippen LogP contribution in [0, 0.1) is 0 Å². The predicted octanol–water partition coefficient (Wildman–Crippen LogP) is 2.93. The van der Waals surface area contributed by atoms with Crippen LogP contribution in [0.25, 0.3) is 0 Å². The summed E-state index contributed by atoms with van der Waals surface area (Å²) in [7, 11) is 12.3. The van der Waals surface area contributed by atoms with Gasteiger partial charge in [-0.15, -0.1) is 0 Å². The molecule has 3 fully saturated rings. The van der Waals surface area contributed by atoms with Crippen LogP contribution in [0.1, 0.15) is 57.8 Å². The molecule has 7 nitrogen and oxygen atoms in total. The van der Waals surface area contributed by atoms with Gasteiger partial charge in [-0.05, 0) is 57.8 Å². The molecule has 0 aromatic carbocycles. The number of hydrogen-bond acceptors (Lipinski definition) is 5. The lowest BCUT2D eigenvalue weighted by Crippen LogP contribution is -2.36. The summed E-state index contributed by atoms with van der Waals surface area (Å²) < 4.78 is 16.9. The van der Waals surface area contributed by atoms with E-state index in [4.69, 9.17) is 24.4 Å². The third-order valence-corrected chi connectivity index (χ3v) is 4.77. The molecular weight excluding hydrogens is 408 g/mol. The van der Waals surface area contributed by atoms with Crippen molar-refractivity contribution in [1.82, 2.24) is 0 Å². The summed E-state index contributed by atoms with van der Waals surface area (Å²) in [5.41, 5.74) is 0. The molecular formula is C25H58N2O5+2. The quantitative estimate of drug-likeness (QED) is 0.624. The minimum atomic E-state index is 0.281. The molecule has 3 rings (SSSR count). The van der Waals surface area contributed by atoms with E-state index in [2.05, 4.69) is 42.3 Å². The van der Waals surface area contributed by atoms with Crippen LogP contribution in [0.2, 0.25) is 0 Å². The third-order valence-electron chi connectivity index (χ3n) is 4.77. The van der Waals surface area contributed by atoms with E-state index in [9.17, 15) is 0 Å². The maximum atomic E-state index is 8.39. The second-order valence-corrected chi connectivity index (χ2v) is 10.5. The van der Waals surface area contributed by atoms with Gasteiger partial charge < -0.3 is 33.4 Å². The molecule has 0 bridgehead atoms. The van der Waals surface area contributed by atoms with Gasteiger partial charge in [0.05, 0.1) is 55.5 Å². The molecule has 32 heavy (non-hydrogen) atoms. The lowest BCUT2D eigenvalue weighted by molar-refractivity contribution is -0.870. The number of rotatable bonds is 4. The van der Waals surface area contributed by atoms with Crippen LogP contribution in [-0.2, 0) is 14.2 Å². The number of aliphatic hydroxyl groups is 2. The van der Waals surface area contributed by atoms with Crippen molar-refractivity contribution in [2.45, 2.75) is 57.8 Å². The van der Waals surface area contributed by atoms with Crippen molar-refractivity contribution in [3.8, 4) is 0 Å². The Morgan fingerprint density at radius 1 is 0.438 bits per heavy atom. The number of aliphatic hydroxyl groups excluding tert-OH is 2. The average molecular weight is 467 g/mol. The third kappa shape index (κ3) is 37.1. The molecule has 3 aliphatic heterocycles. The van der Waals surface area contributed by atoms with Gasteiger partial charge in [-0.25, -0.2) is 0 Å². The second kappa shape index (κ2) is 23.9. The second-order valence-electron chi connectivity index (χ2n) is 10.5. The van der Waals surface area contributed by atoms with E-state index in [1.807, 2.05) is 0 Å². The minimum Gasteiger partial charge on any atom is -0.391 e. The van der Waals surface area contributed by atoms with E-state index in [0.29, 0.717) is 0 Å². The Balaban J connectivity index is 0. The summed E-state index contributed by atoms with van der Waals surface area (Å²) >= 11 is 0. The van der Waals surface area contributed by atoms with Crippen LogP contribution in [0.15, 0.2) is 0 Å². The largest absolute Gasteiger partial charge is 0.391 e. The molecule has 2 N–H and O–H groups in total. The Kier molecular flexibility index (Phi) is 25.3. The first-order valence-electron chi connectivity index (χ1n) is 12.7. The normalized spacial score (nSPS) is 18.8. The fraction of sp³-hybridized carbons (Fsp3) is 1.00. The van der Waals surface area contributed by atoms with E-state index < -0.39 is 0 Å². The van der Waals surface area contributed by atoms with E-state index in [0.717, 1.165) is 61.7 Å². The minimum absolute atomic E-state index is 0.281. The highest BCUT2D eigenvalue weighted by Crippen LogP contribution is 2.03. The first kappa shape index (κ1) is 33.9. The molecule has 0 aromatic rings. The van der Waals surface area contributed by atoms with Crippen LogP contribution in [0.5, 0.6) is 0 Å².